The Bertz CT molecular complexity index is 470. The minimum absolute atomic E-state index is 0.122. The van der Waals surface area contributed by atoms with E-state index in [1.807, 2.05) is 0 Å². The number of benzene rings is 1. The molecular formula is C14H18BrNO3. The van der Waals surface area contributed by atoms with Crippen LogP contribution in [0.15, 0.2) is 18.2 Å². The maximum Gasteiger partial charge on any atom is 0.276 e. The molecule has 0 amide bonds. The number of nitro groups is 1. The van der Waals surface area contributed by atoms with Crippen molar-refractivity contribution in [2.45, 2.75) is 32.6 Å². The number of rotatable bonds is 5. The highest BCUT2D eigenvalue weighted by molar-refractivity contribution is 9.09. The molecule has 0 atom stereocenters. The van der Waals surface area contributed by atoms with Gasteiger partial charge in [0, 0.05) is 16.8 Å². The maximum absolute atomic E-state index is 10.9. The van der Waals surface area contributed by atoms with Gasteiger partial charge in [-0.25, -0.2) is 0 Å². The van der Waals surface area contributed by atoms with Crippen molar-refractivity contribution in [3.05, 3.63) is 33.9 Å². The van der Waals surface area contributed by atoms with Crippen LogP contribution in [0, 0.1) is 22.5 Å². The zero-order chi connectivity index (χ0) is 13.9. The molecule has 19 heavy (non-hydrogen) atoms. The third-order valence-corrected chi connectivity index (χ3v) is 5.12. The van der Waals surface area contributed by atoms with Gasteiger partial charge in [0.25, 0.3) is 5.69 Å². The van der Waals surface area contributed by atoms with Gasteiger partial charge in [-0.3, -0.25) is 10.1 Å². The Morgan fingerprint density at radius 3 is 2.68 bits per heavy atom. The van der Waals surface area contributed by atoms with E-state index in [4.69, 9.17) is 4.74 Å². The highest BCUT2D eigenvalue weighted by Gasteiger charge is 2.34. The SMILES string of the molecule is Cc1c(OCC2(CBr)CCCC2)cccc1[N+](=O)[O-]. The maximum atomic E-state index is 10.9. The fourth-order valence-corrected chi connectivity index (χ4v) is 3.35. The molecule has 0 aliphatic heterocycles. The van der Waals surface area contributed by atoms with Crippen LogP contribution < -0.4 is 4.74 Å². The van der Waals surface area contributed by atoms with Crippen LogP contribution in [0.3, 0.4) is 0 Å². The van der Waals surface area contributed by atoms with E-state index in [2.05, 4.69) is 15.9 Å². The Balaban J connectivity index is 2.11. The van der Waals surface area contributed by atoms with Gasteiger partial charge in [-0.05, 0) is 25.8 Å². The molecule has 0 bridgehead atoms. The van der Waals surface area contributed by atoms with E-state index in [1.54, 1.807) is 19.1 Å². The number of alkyl halides is 1. The summed E-state index contributed by atoms with van der Waals surface area (Å²) in [6.07, 6.45) is 4.80. The van der Waals surface area contributed by atoms with Crippen molar-refractivity contribution in [3.63, 3.8) is 0 Å². The lowest BCUT2D eigenvalue weighted by molar-refractivity contribution is -0.385. The van der Waals surface area contributed by atoms with Crippen LogP contribution in [0.1, 0.15) is 31.2 Å². The Kier molecular flexibility index (Phi) is 4.45. The molecular weight excluding hydrogens is 310 g/mol. The predicted octanol–water partition coefficient (Wildman–Crippen LogP) is 4.24. The third-order valence-electron chi connectivity index (χ3n) is 3.93. The summed E-state index contributed by atoms with van der Waals surface area (Å²) in [6.45, 7) is 2.36. The molecule has 1 aromatic carbocycles. The molecule has 1 aliphatic rings. The molecule has 0 N–H and O–H groups in total. The number of nitrogens with zero attached hydrogens (tertiary/aromatic N) is 1. The summed E-state index contributed by atoms with van der Waals surface area (Å²) < 4.78 is 5.87. The van der Waals surface area contributed by atoms with Crippen molar-refractivity contribution in [1.29, 1.82) is 0 Å². The number of hydrogen-bond acceptors (Lipinski definition) is 3. The highest BCUT2D eigenvalue weighted by atomic mass is 79.9. The summed E-state index contributed by atoms with van der Waals surface area (Å²) in [6, 6.07) is 4.99. The van der Waals surface area contributed by atoms with E-state index >= 15 is 0 Å². The summed E-state index contributed by atoms with van der Waals surface area (Å²) >= 11 is 3.57. The molecule has 0 unspecified atom stereocenters. The lowest BCUT2D eigenvalue weighted by atomic mass is 9.90. The zero-order valence-corrected chi connectivity index (χ0v) is 12.6. The highest BCUT2D eigenvalue weighted by Crippen LogP contribution is 2.40. The van der Waals surface area contributed by atoms with Crippen LogP contribution in [0.2, 0.25) is 0 Å². The second-order valence-corrected chi connectivity index (χ2v) is 5.85. The monoisotopic (exact) mass is 327 g/mol. The quantitative estimate of drug-likeness (QED) is 0.461. The van der Waals surface area contributed by atoms with Crippen LogP contribution in [0.25, 0.3) is 0 Å². The van der Waals surface area contributed by atoms with E-state index in [0.29, 0.717) is 17.9 Å². The topological polar surface area (TPSA) is 52.4 Å². The third kappa shape index (κ3) is 3.08. The van der Waals surface area contributed by atoms with Crippen molar-refractivity contribution in [1.82, 2.24) is 0 Å². The number of nitro benzene ring substituents is 1. The summed E-state index contributed by atoms with van der Waals surface area (Å²) in [5.41, 5.74) is 0.920. The average Bonchev–Trinajstić information content (AvgIpc) is 2.87. The predicted molar refractivity (Wildman–Crippen MR) is 78.0 cm³/mol. The fourth-order valence-electron chi connectivity index (χ4n) is 2.63. The molecule has 104 valence electrons. The standard InChI is InChI=1S/C14H18BrNO3/c1-11-12(16(17)18)5-4-6-13(11)19-10-14(9-15)7-2-3-8-14/h4-6H,2-3,7-10H2,1H3. The first-order chi connectivity index (χ1) is 9.08. The van der Waals surface area contributed by atoms with Crippen LogP contribution in [0.5, 0.6) is 5.75 Å². The van der Waals surface area contributed by atoms with Crippen molar-refractivity contribution >= 4 is 21.6 Å². The van der Waals surface area contributed by atoms with Crippen molar-refractivity contribution < 1.29 is 9.66 Å². The van der Waals surface area contributed by atoms with Gasteiger partial charge < -0.3 is 4.74 Å². The number of halogens is 1. The fraction of sp³-hybridized carbons (Fsp3) is 0.571. The van der Waals surface area contributed by atoms with Gasteiger partial charge in [-0.2, -0.15) is 0 Å². The van der Waals surface area contributed by atoms with Crippen LogP contribution in [-0.2, 0) is 0 Å². The van der Waals surface area contributed by atoms with Crippen molar-refractivity contribution in [2.75, 3.05) is 11.9 Å². The van der Waals surface area contributed by atoms with Gasteiger partial charge >= 0.3 is 0 Å². The van der Waals surface area contributed by atoms with Gasteiger partial charge in [0.15, 0.2) is 0 Å². The largest absolute Gasteiger partial charge is 0.492 e. The van der Waals surface area contributed by atoms with Crippen LogP contribution >= 0.6 is 15.9 Å². The van der Waals surface area contributed by atoms with Crippen LogP contribution in [-0.4, -0.2) is 16.9 Å². The van der Waals surface area contributed by atoms with E-state index in [9.17, 15) is 10.1 Å². The Labute approximate surface area is 121 Å². The second kappa shape index (κ2) is 5.90. The summed E-state index contributed by atoms with van der Waals surface area (Å²) in [4.78, 5) is 10.5. The molecule has 0 radical (unpaired) electrons. The molecule has 1 saturated carbocycles. The second-order valence-electron chi connectivity index (χ2n) is 5.29. The van der Waals surface area contributed by atoms with Gasteiger partial charge in [0.2, 0.25) is 0 Å². The Morgan fingerprint density at radius 2 is 2.11 bits per heavy atom. The molecule has 0 aromatic heterocycles. The smallest absolute Gasteiger partial charge is 0.276 e. The van der Waals surface area contributed by atoms with Crippen LogP contribution in [0.4, 0.5) is 5.69 Å². The van der Waals surface area contributed by atoms with E-state index in [1.165, 1.54) is 18.9 Å². The summed E-state index contributed by atoms with van der Waals surface area (Å²) in [7, 11) is 0. The minimum Gasteiger partial charge on any atom is -0.492 e. The first-order valence-electron chi connectivity index (χ1n) is 6.51. The lowest BCUT2D eigenvalue weighted by Crippen LogP contribution is -2.27. The first kappa shape index (κ1) is 14.3. The van der Waals surface area contributed by atoms with E-state index in [0.717, 1.165) is 18.2 Å². The molecule has 4 nitrogen and oxygen atoms in total. The molecule has 1 aromatic rings. The Hall–Kier alpha value is -1.10. The molecule has 5 heteroatoms. The van der Waals surface area contributed by atoms with Gasteiger partial charge in [0.1, 0.15) is 5.75 Å². The van der Waals surface area contributed by atoms with E-state index < -0.39 is 0 Å². The summed E-state index contributed by atoms with van der Waals surface area (Å²) in [5.74, 6) is 0.626. The van der Waals surface area contributed by atoms with Gasteiger partial charge in [-0.1, -0.05) is 34.8 Å². The van der Waals surface area contributed by atoms with Gasteiger partial charge in [0.05, 0.1) is 17.1 Å². The van der Waals surface area contributed by atoms with Gasteiger partial charge in [-0.15, -0.1) is 0 Å². The molecule has 1 aliphatic carbocycles. The molecule has 0 saturated heterocycles. The molecule has 0 spiro atoms. The van der Waals surface area contributed by atoms with E-state index in [-0.39, 0.29) is 16.0 Å². The minimum atomic E-state index is -0.363. The molecule has 0 heterocycles. The lowest BCUT2D eigenvalue weighted by Gasteiger charge is -2.26. The first-order valence-corrected chi connectivity index (χ1v) is 7.63. The summed E-state index contributed by atoms with van der Waals surface area (Å²) in [5, 5.41) is 11.8. The van der Waals surface area contributed by atoms with Crippen molar-refractivity contribution in [3.8, 4) is 5.75 Å². The molecule has 1 fully saturated rings. The number of hydrogen-bond donors (Lipinski definition) is 0. The Morgan fingerprint density at radius 1 is 1.42 bits per heavy atom. The average molecular weight is 328 g/mol. The molecule has 2 rings (SSSR count). The zero-order valence-electron chi connectivity index (χ0n) is 11.0. The number of ether oxygens (including phenoxy) is 1. The normalized spacial score (nSPS) is 17.4. The van der Waals surface area contributed by atoms with Crippen molar-refractivity contribution in [2.24, 2.45) is 5.41 Å².